The Morgan fingerprint density at radius 1 is 0.521 bits per heavy atom. The van der Waals surface area contributed by atoms with Gasteiger partial charge in [0.15, 0.2) is 0 Å². The zero-order valence-corrected chi connectivity index (χ0v) is 27.3. The van der Waals surface area contributed by atoms with E-state index in [9.17, 15) is 0 Å². The number of hydrogen-bond acceptors (Lipinski definition) is 5. The highest BCUT2D eigenvalue weighted by Crippen LogP contribution is 2.49. The molecule has 0 aliphatic carbocycles. The molecule has 226 valence electrons. The largest absolute Gasteiger partial charge is 0.455 e. The van der Waals surface area contributed by atoms with Crippen molar-refractivity contribution >= 4 is 92.1 Å². The van der Waals surface area contributed by atoms with Gasteiger partial charge in [0.2, 0.25) is 0 Å². The maximum absolute atomic E-state index is 6.39. The Hall–Kier alpha value is -5.75. The first-order valence-electron chi connectivity index (χ1n) is 16.0. The number of aromatic nitrogens is 1. The number of hydrogen-bond donors (Lipinski definition) is 0. The van der Waals surface area contributed by atoms with Gasteiger partial charge in [0.25, 0.3) is 0 Å². The topological polar surface area (TPSA) is 29.3 Å². The van der Waals surface area contributed by atoms with Gasteiger partial charge in [-0.15, -0.1) is 22.7 Å². The van der Waals surface area contributed by atoms with Gasteiger partial charge in [-0.3, -0.25) is 0 Å². The van der Waals surface area contributed by atoms with Crippen molar-refractivity contribution in [1.29, 1.82) is 0 Å². The molecular formula is C43H26N2OS2. The molecule has 10 aromatic rings. The summed E-state index contributed by atoms with van der Waals surface area (Å²) in [5.41, 5.74) is 9.38. The van der Waals surface area contributed by atoms with Gasteiger partial charge in [0, 0.05) is 53.4 Å². The maximum atomic E-state index is 6.39. The summed E-state index contributed by atoms with van der Waals surface area (Å²) in [7, 11) is 0. The SMILES string of the molecule is c1ccc(-c2nc3c(N(c4ccccc4)c4ccc(-c5cccc6c5oc5ccccc56)cc4)cc4sc5ccccc5c4c3s2)cc1. The summed E-state index contributed by atoms with van der Waals surface area (Å²) in [6.45, 7) is 0. The standard InChI is InChI=1S/C43H26N2OS2/c1-3-12-28(13-4-1)43-44-40-35(26-38-39(42(40)48-43)34-17-8-10-21-37(34)47-38)45(29-14-5-2-6-15-29)30-24-22-27(23-25-30)31-18-11-19-33-32-16-7-9-20-36(32)46-41(31)33/h1-26H. The van der Waals surface area contributed by atoms with Crippen molar-refractivity contribution in [2.75, 3.05) is 4.90 Å². The number of furan rings is 1. The van der Waals surface area contributed by atoms with E-state index in [1.165, 1.54) is 24.9 Å². The van der Waals surface area contributed by atoms with E-state index in [2.05, 4.69) is 150 Å². The molecule has 0 atom stereocenters. The van der Waals surface area contributed by atoms with E-state index >= 15 is 0 Å². The highest BCUT2D eigenvalue weighted by atomic mass is 32.1. The van der Waals surface area contributed by atoms with Crippen LogP contribution in [0.3, 0.4) is 0 Å². The van der Waals surface area contributed by atoms with Gasteiger partial charge in [-0.1, -0.05) is 115 Å². The number of fused-ring (bicyclic) bond motifs is 8. The number of rotatable bonds is 5. The highest BCUT2D eigenvalue weighted by molar-refractivity contribution is 7.28. The molecule has 3 nitrogen and oxygen atoms in total. The molecule has 0 N–H and O–H groups in total. The minimum Gasteiger partial charge on any atom is -0.455 e. The van der Waals surface area contributed by atoms with Gasteiger partial charge in [-0.2, -0.15) is 0 Å². The summed E-state index contributed by atoms with van der Waals surface area (Å²) in [4.78, 5) is 7.73. The average molecular weight is 651 g/mol. The Kier molecular flexibility index (Phi) is 6.22. The third kappa shape index (κ3) is 4.29. The first-order valence-corrected chi connectivity index (χ1v) is 17.6. The Morgan fingerprint density at radius 2 is 1.21 bits per heavy atom. The fraction of sp³-hybridized carbons (Fsp3) is 0. The number of thiophene rings is 1. The zero-order chi connectivity index (χ0) is 31.6. The molecule has 0 saturated carbocycles. The molecule has 0 aliphatic rings. The van der Waals surface area contributed by atoms with Crippen molar-refractivity contribution in [3.8, 4) is 21.7 Å². The second kappa shape index (κ2) is 10.9. The summed E-state index contributed by atoms with van der Waals surface area (Å²) in [6, 6.07) is 55.7. The van der Waals surface area contributed by atoms with Crippen LogP contribution in [0.4, 0.5) is 17.1 Å². The van der Waals surface area contributed by atoms with Crippen molar-refractivity contribution in [2.24, 2.45) is 0 Å². The molecule has 0 unspecified atom stereocenters. The Bertz CT molecular complexity index is 2780. The van der Waals surface area contributed by atoms with Crippen molar-refractivity contribution in [3.63, 3.8) is 0 Å². The fourth-order valence-electron chi connectivity index (χ4n) is 6.90. The number of nitrogens with zero attached hydrogens (tertiary/aromatic N) is 2. The fourth-order valence-corrected chi connectivity index (χ4v) is 9.27. The quantitative estimate of drug-likeness (QED) is 0.186. The summed E-state index contributed by atoms with van der Waals surface area (Å²) in [5.74, 6) is 0. The van der Waals surface area contributed by atoms with Crippen LogP contribution in [0, 0.1) is 0 Å². The lowest BCUT2D eigenvalue weighted by Crippen LogP contribution is -2.10. The van der Waals surface area contributed by atoms with Crippen molar-refractivity contribution < 1.29 is 4.42 Å². The summed E-state index contributed by atoms with van der Waals surface area (Å²) >= 11 is 3.63. The third-order valence-corrected chi connectivity index (χ3v) is 11.3. The molecule has 0 amide bonds. The molecule has 3 aromatic heterocycles. The summed E-state index contributed by atoms with van der Waals surface area (Å²) in [6.07, 6.45) is 0. The van der Waals surface area contributed by atoms with Gasteiger partial charge >= 0.3 is 0 Å². The van der Waals surface area contributed by atoms with Crippen LogP contribution in [0.5, 0.6) is 0 Å². The van der Waals surface area contributed by atoms with E-state index in [4.69, 9.17) is 9.40 Å². The second-order valence-electron chi connectivity index (χ2n) is 11.9. The van der Waals surface area contributed by atoms with E-state index in [0.29, 0.717) is 0 Å². The number of anilines is 3. The molecule has 0 radical (unpaired) electrons. The average Bonchev–Trinajstić information content (AvgIpc) is 3.86. The van der Waals surface area contributed by atoms with Crippen molar-refractivity contribution in [2.45, 2.75) is 0 Å². The van der Waals surface area contributed by atoms with Crippen LogP contribution in [0.25, 0.3) is 74.0 Å². The van der Waals surface area contributed by atoms with Crippen LogP contribution in [-0.2, 0) is 0 Å². The van der Waals surface area contributed by atoms with E-state index in [0.717, 1.165) is 66.2 Å². The maximum Gasteiger partial charge on any atom is 0.143 e. The van der Waals surface area contributed by atoms with Gasteiger partial charge < -0.3 is 9.32 Å². The third-order valence-electron chi connectivity index (χ3n) is 9.10. The molecule has 7 aromatic carbocycles. The van der Waals surface area contributed by atoms with Gasteiger partial charge in [0.1, 0.15) is 21.7 Å². The smallest absolute Gasteiger partial charge is 0.143 e. The van der Waals surface area contributed by atoms with Crippen LogP contribution in [0.1, 0.15) is 0 Å². The molecule has 10 rings (SSSR count). The van der Waals surface area contributed by atoms with Gasteiger partial charge in [0.05, 0.1) is 10.4 Å². The number of benzene rings is 7. The van der Waals surface area contributed by atoms with E-state index in [1.807, 2.05) is 23.5 Å². The lowest BCUT2D eigenvalue weighted by Gasteiger charge is -2.26. The second-order valence-corrected chi connectivity index (χ2v) is 14.0. The van der Waals surface area contributed by atoms with Crippen LogP contribution in [0.2, 0.25) is 0 Å². The van der Waals surface area contributed by atoms with Crippen LogP contribution in [0.15, 0.2) is 162 Å². The lowest BCUT2D eigenvalue weighted by molar-refractivity contribution is 0.670. The Labute approximate surface area is 284 Å². The number of para-hydroxylation sites is 3. The molecule has 0 saturated heterocycles. The molecule has 5 heteroatoms. The molecule has 0 fully saturated rings. The minimum absolute atomic E-state index is 0.908. The first-order chi connectivity index (χ1) is 23.8. The van der Waals surface area contributed by atoms with Crippen molar-refractivity contribution in [3.05, 3.63) is 158 Å². The zero-order valence-electron chi connectivity index (χ0n) is 25.6. The van der Waals surface area contributed by atoms with Crippen LogP contribution < -0.4 is 4.90 Å². The van der Waals surface area contributed by atoms with Gasteiger partial charge in [-0.25, -0.2) is 4.98 Å². The first kappa shape index (κ1) is 27.4. The van der Waals surface area contributed by atoms with E-state index in [1.54, 1.807) is 11.3 Å². The molecule has 0 bridgehead atoms. The molecule has 48 heavy (non-hydrogen) atoms. The predicted molar refractivity (Wildman–Crippen MR) is 205 cm³/mol. The highest BCUT2D eigenvalue weighted by Gasteiger charge is 2.23. The van der Waals surface area contributed by atoms with E-state index in [-0.39, 0.29) is 0 Å². The number of thiazole rings is 1. The monoisotopic (exact) mass is 650 g/mol. The van der Waals surface area contributed by atoms with Crippen LogP contribution >= 0.6 is 22.7 Å². The van der Waals surface area contributed by atoms with Crippen molar-refractivity contribution in [1.82, 2.24) is 4.98 Å². The molecule has 3 heterocycles. The molecular weight excluding hydrogens is 625 g/mol. The Morgan fingerprint density at radius 3 is 2.04 bits per heavy atom. The minimum atomic E-state index is 0.908. The molecule has 0 aliphatic heterocycles. The van der Waals surface area contributed by atoms with Crippen LogP contribution in [-0.4, -0.2) is 4.98 Å². The predicted octanol–water partition coefficient (Wildman–Crippen LogP) is 13.4. The lowest BCUT2D eigenvalue weighted by atomic mass is 10.0. The van der Waals surface area contributed by atoms with E-state index < -0.39 is 0 Å². The summed E-state index contributed by atoms with van der Waals surface area (Å²) < 4.78 is 10.2. The Balaban J connectivity index is 1.19. The van der Waals surface area contributed by atoms with Gasteiger partial charge in [-0.05, 0) is 48.0 Å². The molecule has 0 spiro atoms. The summed E-state index contributed by atoms with van der Waals surface area (Å²) in [5, 5.41) is 5.87. The normalized spacial score (nSPS) is 11.8.